The van der Waals surface area contributed by atoms with E-state index in [9.17, 15) is 56.2 Å². The van der Waals surface area contributed by atoms with Crippen molar-refractivity contribution in [1.29, 1.82) is 0 Å². The van der Waals surface area contributed by atoms with E-state index in [-0.39, 0.29) is 0 Å². The average Bonchev–Trinajstić information content (AvgIpc) is 2.83. The highest BCUT2D eigenvalue weighted by Crippen LogP contribution is 2.32. The fraction of sp³-hybridized carbons (Fsp3) is 1.00. The van der Waals surface area contributed by atoms with Crippen LogP contribution in [0.1, 0.15) is 0 Å². The van der Waals surface area contributed by atoms with E-state index in [1.54, 1.807) is 0 Å². The van der Waals surface area contributed by atoms with Crippen LogP contribution in [-0.2, 0) is 23.7 Å². The molecule has 3 saturated heterocycles. The van der Waals surface area contributed by atoms with E-state index in [4.69, 9.17) is 23.7 Å². The highest BCUT2D eigenvalue weighted by molar-refractivity contribution is 4.96. The van der Waals surface area contributed by atoms with Crippen LogP contribution in [0.25, 0.3) is 0 Å². The Kier molecular flexibility index (Phi) is 9.54. The Morgan fingerprint density at radius 2 is 0.824 bits per heavy atom. The Labute approximate surface area is 192 Å². The van der Waals surface area contributed by atoms with Gasteiger partial charge < -0.3 is 79.9 Å². The Morgan fingerprint density at radius 3 is 1.24 bits per heavy atom. The molecule has 3 heterocycles. The van der Waals surface area contributed by atoms with Gasteiger partial charge in [-0.3, -0.25) is 0 Å². The number of rotatable bonds is 7. The molecule has 16 heteroatoms. The monoisotopic (exact) mass is 504 g/mol. The molecule has 0 spiro atoms. The van der Waals surface area contributed by atoms with Crippen molar-refractivity contribution in [3.63, 3.8) is 0 Å². The van der Waals surface area contributed by atoms with Crippen molar-refractivity contribution >= 4 is 0 Å². The zero-order valence-corrected chi connectivity index (χ0v) is 17.7. The molecule has 0 radical (unpaired) electrons. The summed E-state index contributed by atoms with van der Waals surface area (Å²) >= 11 is 0. The van der Waals surface area contributed by atoms with Crippen LogP contribution in [-0.4, -0.2) is 168 Å². The van der Waals surface area contributed by atoms with Crippen molar-refractivity contribution in [3.8, 4) is 0 Å². The van der Waals surface area contributed by atoms with E-state index < -0.39 is 112 Å². The molecule has 0 aromatic carbocycles. The zero-order valence-electron chi connectivity index (χ0n) is 17.7. The van der Waals surface area contributed by atoms with Crippen LogP contribution in [0.2, 0.25) is 0 Å². The van der Waals surface area contributed by atoms with E-state index in [0.29, 0.717) is 0 Å². The van der Waals surface area contributed by atoms with Gasteiger partial charge in [0.1, 0.15) is 73.2 Å². The van der Waals surface area contributed by atoms with Gasteiger partial charge in [-0.2, -0.15) is 0 Å². The maximum Gasteiger partial charge on any atom is 0.187 e. The molecule has 0 bridgehead atoms. The third kappa shape index (κ3) is 5.37. The summed E-state index contributed by atoms with van der Waals surface area (Å²) in [6.07, 6.45) is -25.6. The van der Waals surface area contributed by atoms with Gasteiger partial charge in [0.15, 0.2) is 18.9 Å². The van der Waals surface area contributed by atoms with Crippen molar-refractivity contribution < 1.29 is 79.9 Å². The lowest BCUT2D eigenvalue weighted by atomic mass is 9.96. The molecule has 0 unspecified atom stereocenters. The molecule has 3 aliphatic heterocycles. The highest BCUT2D eigenvalue weighted by Gasteiger charge is 2.53. The van der Waals surface area contributed by atoms with Gasteiger partial charge in [0.2, 0.25) is 0 Å². The second kappa shape index (κ2) is 11.6. The molecular weight excluding hydrogens is 472 g/mol. The van der Waals surface area contributed by atoms with E-state index in [1.807, 2.05) is 0 Å². The largest absolute Gasteiger partial charge is 0.394 e. The van der Waals surface area contributed by atoms with Crippen molar-refractivity contribution in [3.05, 3.63) is 0 Å². The van der Waals surface area contributed by atoms with Crippen LogP contribution in [0.5, 0.6) is 0 Å². The van der Waals surface area contributed by atoms with Gasteiger partial charge in [-0.15, -0.1) is 0 Å². The number of hydrogen-bond acceptors (Lipinski definition) is 16. The van der Waals surface area contributed by atoms with E-state index >= 15 is 0 Å². The summed E-state index contributed by atoms with van der Waals surface area (Å²) in [6, 6.07) is 0. The lowest BCUT2D eigenvalue weighted by Crippen LogP contribution is -2.67. The SMILES string of the molecule is OC[C@H]1O[C@@H](O[C@@H]2[C@@H](O[C@@H]3O[C@H](CO)[C@H](O)[C@H](O)[C@H]3O)[C@@H](O)[C@@H](CO)O[C@H]2O)[C@H](O)[C@@H](O)[C@H]1O. The van der Waals surface area contributed by atoms with Gasteiger partial charge >= 0.3 is 0 Å². The molecule has 34 heavy (non-hydrogen) atoms. The summed E-state index contributed by atoms with van der Waals surface area (Å²) in [5, 5.41) is 109. The second-order valence-corrected chi connectivity index (χ2v) is 8.33. The van der Waals surface area contributed by atoms with Crippen LogP contribution in [0.15, 0.2) is 0 Å². The first-order chi connectivity index (χ1) is 16.0. The van der Waals surface area contributed by atoms with Gasteiger partial charge in [0.25, 0.3) is 0 Å². The molecule has 15 atom stereocenters. The normalized spacial score (nSPS) is 52.5. The molecule has 0 aromatic heterocycles. The topological polar surface area (TPSA) is 269 Å². The van der Waals surface area contributed by atoms with Crippen LogP contribution in [0.4, 0.5) is 0 Å². The number of ether oxygens (including phenoxy) is 5. The molecule has 0 aromatic rings. The van der Waals surface area contributed by atoms with Gasteiger partial charge in [-0.1, -0.05) is 0 Å². The summed E-state index contributed by atoms with van der Waals surface area (Å²) in [5.41, 5.74) is 0. The van der Waals surface area contributed by atoms with E-state index in [1.165, 1.54) is 0 Å². The van der Waals surface area contributed by atoms with Crippen molar-refractivity contribution in [1.82, 2.24) is 0 Å². The Morgan fingerprint density at radius 1 is 0.441 bits per heavy atom. The van der Waals surface area contributed by atoms with Crippen molar-refractivity contribution in [2.45, 2.75) is 92.1 Å². The lowest BCUT2D eigenvalue weighted by molar-refractivity contribution is -0.387. The molecule has 11 N–H and O–H groups in total. The first-order valence-electron chi connectivity index (χ1n) is 10.6. The summed E-state index contributed by atoms with van der Waals surface area (Å²) in [4.78, 5) is 0. The summed E-state index contributed by atoms with van der Waals surface area (Å²) in [5.74, 6) is 0. The van der Waals surface area contributed by atoms with Gasteiger partial charge in [0, 0.05) is 0 Å². The van der Waals surface area contributed by atoms with Gasteiger partial charge in [-0.05, 0) is 0 Å². The smallest absolute Gasteiger partial charge is 0.187 e. The van der Waals surface area contributed by atoms with Gasteiger partial charge in [-0.25, -0.2) is 0 Å². The minimum Gasteiger partial charge on any atom is -0.394 e. The van der Waals surface area contributed by atoms with Crippen molar-refractivity contribution in [2.24, 2.45) is 0 Å². The Bertz CT molecular complexity index is 637. The number of hydrogen-bond donors (Lipinski definition) is 11. The summed E-state index contributed by atoms with van der Waals surface area (Å²) < 4.78 is 26.5. The molecular formula is C18H32O16. The van der Waals surface area contributed by atoms with Crippen LogP contribution in [0.3, 0.4) is 0 Å². The molecule has 0 aliphatic carbocycles. The molecule has 16 nitrogen and oxygen atoms in total. The molecule has 3 rings (SSSR count). The van der Waals surface area contributed by atoms with Crippen LogP contribution in [0, 0.1) is 0 Å². The molecule has 0 amide bonds. The predicted octanol–water partition coefficient (Wildman–Crippen LogP) is -7.57. The second-order valence-electron chi connectivity index (χ2n) is 8.33. The minimum absolute atomic E-state index is 0.769. The number of aliphatic hydroxyl groups is 11. The fourth-order valence-corrected chi connectivity index (χ4v) is 4.03. The predicted molar refractivity (Wildman–Crippen MR) is 101 cm³/mol. The first-order valence-corrected chi connectivity index (χ1v) is 10.6. The molecule has 200 valence electrons. The van der Waals surface area contributed by atoms with Crippen molar-refractivity contribution in [2.75, 3.05) is 19.8 Å². The highest BCUT2D eigenvalue weighted by atomic mass is 16.8. The Hall–Kier alpha value is -0.640. The molecule has 3 fully saturated rings. The fourth-order valence-electron chi connectivity index (χ4n) is 4.03. The summed E-state index contributed by atoms with van der Waals surface area (Å²) in [7, 11) is 0. The molecule has 0 saturated carbocycles. The first kappa shape index (κ1) is 27.9. The van der Waals surface area contributed by atoms with Crippen LogP contribution >= 0.6 is 0 Å². The quantitative estimate of drug-likeness (QED) is 0.154. The Balaban J connectivity index is 1.83. The van der Waals surface area contributed by atoms with Gasteiger partial charge in [0.05, 0.1) is 19.8 Å². The maximum atomic E-state index is 10.6. The van der Waals surface area contributed by atoms with E-state index in [2.05, 4.69) is 0 Å². The summed E-state index contributed by atoms with van der Waals surface area (Å²) in [6.45, 7) is -2.33. The standard InChI is InChI=1S/C18H32O16/c19-1-4-7(22)10(25)12(27)17(31-4)33-14-9(24)6(3-21)30-16(29)15(14)34-18-13(28)11(26)8(23)5(2-20)32-18/h4-29H,1-3H2/t4-,5-,6-,7+,8+,9+,10+,11+,12-,13-,14+,15-,16-,17+,18+/m1/s1. The number of aliphatic hydroxyl groups excluding tert-OH is 11. The third-order valence-electron chi connectivity index (χ3n) is 6.10. The zero-order chi connectivity index (χ0) is 25.3. The maximum absolute atomic E-state index is 10.6. The minimum atomic E-state index is -1.94. The average molecular weight is 504 g/mol. The lowest BCUT2D eigenvalue weighted by Gasteiger charge is -2.48. The third-order valence-corrected chi connectivity index (χ3v) is 6.10. The molecule has 3 aliphatic rings. The van der Waals surface area contributed by atoms with Crippen LogP contribution < -0.4 is 0 Å². The van der Waals surface area contributed by atoms with E-state index in [0.717, 1.165) is 0 Å².